The van der Waals surface area contributed by atoms with Crippen molar-refractivity contribution in [3.8, 4) is 17.1 Å². The zero-order chi connectivity index (χ0) is 22.2. The molecule has 0 N–H and O–H groups in total. The van der Waals surface area contributed by atoms with E-state index in [1.807, 2.05) is 0 Å². The third kappa shape index (κ3) is 4.69. The number of benzene rings is 2. The third-order valence-corrected chi connectivity index (χ3v) is 4.82. The van der Waals surface area contributed by atoms with Crippen LogP contribution in [0, 0.1) is 0 Å². The molecule has 3 aromatic rings. The lowest BCUT2D eigenvalue weighted by atomic mass is 10.1. The van der Waals surface area contributed by atoms with Crippen molar-refractivity contribution in [1.82, 2.24) is 15.0 Å². The number of carbonyl (C=O) groups is 2. The van der Waals surface area contributed by atoms with Crippen LogP contribution in [0.4, 0.5) is 13.2 Å². The zero-order valence-corrected chi connectivity index (χ0v) is 16.4. The molecule has 1 aliphatic rings. The molecular weight excluding hydrogens is 439 g/mol. The van der Waals surface area contributed by atoms with Gasteiger partial charge in [-0.25, -0.2) is 0 Å². The van der Waals surface area contributed by atoms with Crippen LogP contribution in [0.5, 0.6) is 5.75 Å². The fourth-order valence-electron chi connectivity index (χ4n) is 3.18. The predicted molar refractivity (Wildman–Crippen MR) is 101 cm³/mol. The Bertz CT molecular complexity index is 1110. The quantitative estimate of drug-likeness (QED) is 0.582. The molecule has 1 atom stereocenters. The largest absolute Gasteiger partial charge is 0.573 e. The van der Waals surface area contributed by atoms with E-state index in [1.54, 1.807) is 24.3 Å². The van der Waals surface area contributed by atoms with Crippen LogP contribution in [0.3, 0.4) is 0 Å². The Morgan fingerprint density at radius 2 is 1.81 bits per heavy atom. The summed E-state index contributed by atoms with van der Waals surface area (Å²) in [6.45, 7) is -0.104. The molecule has 0 saturated carbocycles. The highest BCUT2D eigenvalue weighted by Gasteiger charge is 2.39. The first kappa shape index (κ1) is 20.9. The summed E-state index contributed by atoms with van der Waals surface area (Å²) in [4.78, 5) is 30.5. The molecule has 1 aliphatic heterocycles. The summed E-state index contributed by atoms with van der Waals surface area (Å²) >= 11 is 5.85. The highest BCUT2D eigenvalue weighted by atomic mass is 35.5. The fourth-order valence-corrected chi connectivity index (χ4v) is 3.30. The lowest BCUT2D eigenvalue weighted by molar-refractivity contribution is -0.274. The van der Waals surface area contributed by atoms with Crippen molar-refractivity contribution in [2.24, 2.45) is 0 Å². The van der Waals surface area contributed by atoms with E-state index in [9.17, 15) is 22.8 Å². The number of amides is 1. The molecule has 2 heterocycles. The molecule has 1 aromatic heterocycles. The summed E-state index contributed by atoms with van der Waals surface area (Å²) in [6, 6.07) is 10.4. The first-order valence-electron chi connectivity index (χ1n) is 8.97. The summed E-state index contributed by atoms with van der Waals surface area (Å²) < 4.78 is 46.0. The maximum absolute atomic E-state index is 12.9. The van der Waals surface area contributed by atoms with Crippen molar-refractivity contribution in [3.05, 3.63) is 65.0 Å². The highest BCUT2D eigenvalue weighted by Crippen LogP contribution is 2.32. The molecule has 2 aromatic carbocycles. The van der Waals surface area contributed by atoms with Crippen molar-refractivity contribution < 1.29 is 32.0 Å². The van der Waals surface area contributed by atoms with Gasteiger partial charge in [0.2, 0.25) is 11.7 Å². The Balaban J connectivity index is 1.55. The number of Topliss-reactive ketones (excluding diaryl/α,β-unsaturated/α-hetero) is 1. The Morgan fingerprint density at radius 3 is 2.45 bits per heavy atom. The van der Waals surface area contributed by atoms with Gasteiger partial charge in [0.25, 0.3) is 5.91 Å². The van der Waals surface area contributed by atoms with Crippen molar-refractivity contribution >= 4 is 23.3 Å². The Kier molecular flexibility index (Phi) is 5.40. The molecule has 0 spiro atoms. The second kappa shape index (κ2) is 8.03. The third-order valence-electron chi connectivity index (χ3n) is 4.57. The first-order valence-corrected chi connectivity index (χ1v) is 9.35. The smallest absolute Gasteiger partial charge is 0.406 e. The molecule has 4 rings (SSSR count). The Hall–Kier alpha value is -3.40. The summed E-state index contributed by atoms with van der Waals surface area (Å²) in [6.07, 6.45) is -4.78. The molecule has 1 amide bonds. The van der Waals surface area contributed by atoms with E-state index in [2.05, 4.69) is 14.9 Å². The number of halogens is 4. The minimum atomic E-state index is -4.80. The van der Waals surface area contributed by atoms with Gasteiger partial charge in [0.1, 0.15) is 11.8 Å². The van der Waals surface area contributed by atoms with Gasteiger partial charge in [0.05, 0.1) is 6.54 Å². The Morgan fingerprint density at radius 1 is 1.13 bits per heavy atom. The Labute approximate surface area is 178 Å². The van der Waals surface area contributed by atoms with E-state index in [0.29, 0.717) is 16.1 Å². The standard InChI is InChI=1S/C20H13ClF3N3O4/c21-13-5-1-12(2-6-13)19(29)27-10-14(28)9-16(27)18-25-17(26-31-18)11-3-7-15(8-4-11)30-20(22,23)24/h1-8,16H,9-10H2/t16-/m0/s1. The van der Waals surface area contributed by atoms with Crippen LogP contribution in [0.15, 0.2) is 53.1 Å². The number of alkyl halides is 3. The number of nitrogens with zero attached hydrogens (tertiary/aromatic N) is 3. The van der Waals surface area contributed by atoms with Crippen molar-refractivity contribution in [2.75, 3.05) is 6.54 Å². The molecule has 1 fully saturated rings. The van der Waals surface area contributed by atoms with E-state index in [-0.39, 0.29) is 42.1 Å². The van der Waals surface area contributed by atoms with Crippen LogP contribution in [0.2, 0.25) is 5.02 Å². The highest BCUT2D eigenvalue weighted by molar-refractivity contribution is 6.30. The van der Waals surface area contributed by atoms with Crippen molar-refractivity contribution in [1.29, 1.82) is 0 Å². The molecule has 0 radical (unpaired) electrons. The van der Waals surface area contributed by atoms with Crippen molar-refractivity contribution in [3.63, 3.8) is 0 Å². The van der Waals surface area contributed by atoms with Gasteiger partial charge in [-0.3, -0.25) is 9.59 Å². The van der Waals surface area contributed by atoms with E-state index < -0.39 is 12.4 Å². The number of likely N-dealkylation sites (tertiary alicyclic amines) is 1. The van der Waals surface area contributed by atoms with Crippen LogP contribution in [0.1, 0.15) is 28.7 Å². The van der Waals surface area contributed by atoms with Gasteiger partial charge in [0.15, 0.2) is 5.78 Å². The number of hydrogen-bond acceptors (Lipinski definition) is 6. The molecule has 0 bridgehead atoms. The van der Waals surface area contributed by atoms with Gasteiger partial charge in [-0.2, -0.15) is 4.98 Å². The van der Waals surface area contributed by atoms with Gasteiger partial charge in [-0.15, -0.1) is 13.2 Å². The summed E-state index contributed by atoms with van der Waals surface area (Å²) in [5.41, 5.74) is 0.730. The lowest BCUT2D eigenvalue weighted by Crippen LogP contribution is -2.31. The van der Waals surface area contributed by atoms with Gasteiger partial charge in [-0.1, -0.05) is 16.8 Å². The average molecular weight is 452 g/mol. The number of ether oxygens (including phenoxy) is 1. The molecule has 7 nitrogen and oxygen atoms in total. The molecule has 0 aliphatic carbocycles. The molecule has 1 saturated heterocycles. The number of hydrogen-bond donors (Lipinski definition) is 0. The maximum atomic E-state index is 12.9. The number of ketones is 1. The van der Waals surface area contributed by atoms with Crippen LogP contribution >= 0.6 is 11.6 Å². The predicted octanol–water partition coefficient (Wildman–Crippen LogP) is 4.44. The van der Waals surface area contributed by atoms with Gasteiger partial charge < -0.3 is 14.2 Å². The topological polar surface area (TPSA) is 85.5 Å². The van der Waals surface area contributed by atoms with Crippen LogP contribution < -0.4 is 4.74 Å². The van der Waals surface area contributed by atoms with Crippen LogP contribution in [0.25, 0.3) is 11.4 Å². The number of carbonyl (C=O) groups excluding carboxylic acids is 2. The van der Waals surface area contributed by atoms with E-state index in [4.69, 9.17) is 16.1 Å². The number of aromatic nitrogens is 2. The summed E-state index contributed by atoms with van der Waals surface area (Å²) in [7, 11) is 0. The fraction of sp³-hybridized carbons (Fsp3) is 0.200. The van der Waals surface area contributed by atoms with Gasteiger partial charge >= 0.3 is 6.36 Å². The van der Waals surface area contributed by atoms with Gasteiger partial charge in [-0.05, 0) is 48.5 Å². The van der Waals surface area contributed by atoms with Crippen LogP contribution in [-0.4, -0.2) is 39.6 Å². The SMILES string of the molecule is O=C1C[C@@H](c2nc(-c3ccc(OC(F)(F)F)cc3)no2)N(C(=O)c2ccc(Cl)cc2)C1. The number of rotatable bonds is 4. The molecule has 0 unspecified atom stereocenters. The second-order valence-corrected chi connectivity index (χ2v) is 7.16. The lowest BCUT2D eigenvalue weighted by Gasteiger charge is -2.20. The second-order valence-electron chi connectivity index (χ2n) is 6.73. The monoisotopic (exact) mass is 451 g/mol. The molecular formula is C20H13ClF3N3O4. The van der Waals surface area contributed by atoms with Crippen LogP contribution in [-0.2, 0) is 4.79 Å². The zero-order valence-electron chi connectivity index (χ0n) is 15.6. The average Bonchev–Trinajstić information content (AvgIpc) is 3.34. The van der Waals surface area contributed by atoms with E-state index >= 15 is 0 Å². The van der Waals surface area contributed by atoms with E-state index in [0.717, 1.165) is 12.1 Å². The normalized spacial score (nSPS) is 16.6. The summed E-state index contributed by atoms with van der Waals surface area (Å²) in [5, 5.41) is 4.29. The van der Waals surface area contributed by atoms with Crippen molar-refractivity contribution in [2.45, 2.75) is 18.8 Å². The minimum Gasteiger partial charge on any atom is -0.406 e. The maximum Gasteiger partial charge on any atom is 0.573 e. The molecule has 31 heavy (non-hydrogen) atoms. The summed E-state index contributed by atoms with van der Waals surface area (Å²) in [5.74, 6) is -0.784. The molecule has 11 heteroatoms. The minimum absolute atomic E-state index is 0.0132. The first-order chi connectivity index (χ1) is 14.7. The van der Waals surface area contributed by atoms with Gasteiger partial charge in [0, 0.05) is 22.6 Å². The molecule has 160 valence electrons. The van der Waals surface area contributed by atoms with E-state index in [1.165, 1.54) is 17.0 Å².